The summed E-state index contributed by atoms with van der Waals surface area (Å²) in [6, 6.07) is 0. The molecule has 1 unspecified atom stereocenters. The summed E-state index contributed by atoms with van der Waals surface area (Å²) in [4.78, 5) is 27.2. The molecule has 36 heavy (non-hydrogen) atoms. The van der Waals surface area contributed by atoms with Crippen LogP contribution in [0.3, 0.4) is 0 Å². The summed E-state index contributed by atoms with van der Waals surface area (Å²) in [6.07, 6.45) is 8.77. The predicted molar refractivity (Wildman–Crippen MR) is 139 cm³/mol. The molecule has 4 fully saturated rings. The number of hydrogen-bond acceptors (Lipinski definition) is 5. The number of ketones is 1. The Morgan fingerprint density at radius 2 is 1.56 bits per heavy atom. The average molecular weight is 501 g/mol. The SMILES string of the molecule is COC(=O)[C@@]1(C)CC[C@]2(C)CC[C@@]3(C)[C@]4(C)CC[C@H]5C(C)(C)[C@@H](O)CC[C@]5(C)C4=CC(=O)[C@]3(O)C2C1. The third kappa shape index (κ3) is 2.85. The smallest absolute Gasteiger partial charge is 0.311 e. The van der Waals surface area contributed by atoms with Crippen LogP contribution in [0.2, 0.25) is 0 Å². The van der Waals surface area contributed by atoms with Gasteiger partial charge in [0, 0.05) is 11.3 Å². The van der Waals surface area contributed by atoms with E-state index in [-0.39, 0.29) is 45.4 Å². The van der Waals surface area contributed by atoms with Crippen LogP contribution in [0.4, 0.5) is 0 Å². The van der Waals surface area contributed by atoms with E-state index in [9.17, 15) is 19.8 Å². The Labute approximate surface area is 217 Å². The third-order valence-electron chi connectivity index (χ3n) is 13.4. The molecule has 4 saturated carbocycles. The lowest BCUT2D eigenvalue weighted by Crippen LogP contribution is -2.74. The molecule has 0 bridgehead atoms. The first-order valence-corrected chi connectivity index (χ1v) is 14.2. The van der Waals surface area contributed by atoms with Gasteiger partial charge in [-0.05, 0) is 98.4 Å². The summed E-state index contributed by atoms with van der Waals surface area (Å²) in [6.45, 7) is 15.4. The minimum Gasteiger partial charge on any atom is -0.469 e. The van der Waals surface area contributed by atoms with E-state index in [1.54, 1.807) is 0 Å². The van der Waals surface area contributed by atoms with E-state index in [0.29, 0.717) is 12.3 Å². The fourth-order valence-electron chi connectivity index (χ4n) is 10.6. The Bertz CT molecular complexity index is 1030. The molecule has 0 heterocycles. The summed E-state index contributed by atoms with van der Waals surface area (Å²) >= 11 is 0. The van der Waals surface area contributed by atoms with Crippen molar-refractivity contribution in [2.75, 3.05) is 7.11 Å². The van der Waals surface area contributed by atoms with Gasteiger partial charge in [-0.3, -0.25) is 9.59 Å². The van der Waals surface area contributed by atoms with Gasteiger partial charge in [-0.1, -0.05) is 47.1 Å². The van der Waals surface area contributed by atoms with E-state index in [0.717, 1.165) is 51.4 Å². The summed E-state index contributed by atoms with van der Waals surface area (Å²) in [7, 11) is 1.44. The Hall–Kier alpha value is -1.20. The number of carbonyl (C=O) groups excluding carboxylic acids is 2. The molecule has 5 heteroatoms. The van der Waals surface area contributed by atoms with Crippen LogP contribution in [0.5, 0.6) is 0 Å². The molecule has 5 aliphatic rings. The number of methoxy groups -OCH3 is 1. The monoisotopic (exact) mass is 500 g/mol. The number of aliphatic hydroxyl groups is 2. The second-order valence-electron chi connectivity index (χ2n) is 15.2. The molecule has 0 aromatic rings. The number of hydrogen-bond donors (Lipinski definition) is 2. The first kappa shape index (κ1) is 26.4. The van der Waals surface area contributed by atoms with Crippen LogP contribution in [0.1, 0.15) is 106 Å². The zero-order valence-corrected chi connectivity index (χ0v) is 23.8. The highest BCUT2D eigenvalue weighted by Crippen LogP contribution is 2.76. The fourth-order valence-corrected chi connectivity index (χ4v) is 10.6. The van der Waals surface area contributed by atoms with Crippen molar-refractivity contribution in [1.29, 1.82) is 0 Å². The van der Waals surface area contributed by atoms with Gasteiger partial charge >= 0.3 is 5.97 Å². The Kier molecular flexibility index (Phi) is 5.48. The average Bonchev–Trinajstić information content (AvgIpc) is 2.81. The maximum absolute atomic E-state index is 14.4. The van der Waals surface area contributed by atoms with Crippen LogP contribution in [0.15, 0.2) is 11.6 Å². The van der Waals surface area contributed by atoms with E-state index in [1.165, 1.54) is 12.7 Å². The highest BCUT2D eigenvalue weighted by atomic mass is 16.5. The molecular formula is C31H48O5. The molecule has 5 aliphatic carbocycles. The van der Waals surface area contributed by atoms with Gasteiger partial charge in [-0.25, -0.2) is 0 Å². The number of carbonyl (C=O) groups is 2. The van der Waals surface area contributed by atoms with Crippen molar-refractivity contribution in [3.63, 3.8) is 0 Å². The third-order valence-corrected chi connectivity index (χ3v) is 13.4. The Balaban J connectivity index is 1.66. The molecule has 0 spiro atoms. The lowest BCUT2D eigenvalue weighted by molar-refractivity contribution is -0.247. The fraction of sp³-hybridized carbons (Fsp3) is 0.871. The number of allylic oxidation sites excluding steroid dienone is 1. The summed E-state index contributed by atoms with van der Waals surface area (Å²) in [5.41, 5.74) is -2.51. The van der Waals surface area contributed by atoms with Crippen molar-refractivity contribution in [2.24, 2.45) is 44.3 Å². The summed E-state index contributed by atoms with van der Waals surface area (Å²) < 4.78 is 5.19. The molecule has 5 rings (SSSR count). The van der Waals surface area contributed by atoms with Crippen LogP contribution in [0, 0.1) is 44.3 Å². The second-order valence-corrected chi connectivity index (χ2v) is 15.2. The zero-order chi connectivity index (χ0) is 26.7. The number of aliphatic hydroxyl groups excluding tert-OH is 1. The molecule has 2 N–H and O–H groups in total. The first-order valence-electron chi connectivity index (χ1n) is 14.2. The van der Waals surface area contributed by atoms with E-state index in [4.69, 9.17) is 4.74 Å². The minimum absolute atomic E-state index is 0.159. The number of ether oxygens (including phenoxy) is 1. The van der Waals surface area contributed by atoms with Gasteiger partial charge in [0.15, 0.2) is 5.78 Å². The maximum atomic E-state index is 14.4. The van der Waals surface area contributed by atoms with Crippen LogP contribution in [0.25, 0.3) is 0 Å². The normalized spacial score (nSPS) is 53.8. The van der Waals surface area contributed by atoms with Crippen molar-refractivity contribution in [3.8, 4) is 0 Å². The van der Waals surface area contributed by atoms with Crippen LogP contribution < -0.4 is 0 Å². The summed E-state index contributed by atoms with van der Waals surface area (Å²) in [5, 5.41) is 23.7. The van der Waals surface area contributed by atoms with Crippen molar-refractivity contribution in [2.45, 2.75) is 118 Å². The molecule has 202 valence electrons. The molecule has 0 amide bonds. The van der Waals surface area contributed by atoms with Crippen molar-refractivity contribution in [1.82, 2.24) is 0 Å². The van der Waals surface area contributed by atoms with Crippen molar-refractivity contribution < 1.29 is 24.5 Å². The van der Waals surface area contributed by atoms with Gasteiger partial charge in [0.25, 0.3) is 0 Å². The number of rotatable bonds is 1. The van der Waals surface area contributed by atoms with Gasteiger partial charge in [0.05, 0.1) is 18.6 Å². The van der Waals surface area contributed by atoms with Crippen LogP contribution in [-0.2, 0) is 14.3 Å². The van der Waals surface area contributed by atoms with E-state index < -0.39 is 16.4 Å². The van der Waals surface area contributed by atoms with Gasteiger partial charge in [0.1, 0.15) is 5.60 Å². The topological polar surface area (TPSA) is 83.8 Å². The van der Waals surface area contributed by atoms with Gasteiger partial charge in [-0.2, -0.15) is 0 Å². The molecule has 0 saturated heterocycles. The molecule has 0 aromatic heterocycles. The number of fused-ring (bicyclic) bond motifs is 7. The number of esters is 1. The Morgan fingerprint density at radius 3 is 2.19 bits per heavy atom. The highest BCUT2D eigenvalue weighted by Gasteiger charge is 2.75. The van der Waals surface area contributed by atoms with Crippen molar-refractivity contribution >= 4 is 11.8 Å². The molecule has 0 aromatic carbocycles. The largest absolute Gasteiger partial charge is 0.469 e. The van der Waals surface area contributed by atoms with Gasteiger partial charge in [0.2, 0.25) is 0 Å². The van der Waals surface area contributed by atoms with Gasteiger partial charge in [-0.15, -0.1) is 0 Å². The van der Waals surface area contributed by atoms with Crippen LogP contribution >= 0.6 is 0 Å². The highest BCUT2D eigenvalue weighted by molar-refractivity contribution is 6.00. The predicted octanol–water partition coefficient (Wildman–Crippen LogP) is 5.62. The molecule has 0 radical (unpaired) electrons. The van der Waals surface area contributed by atoms with Crippen molar-refractivity contribution in [3.05, 3.63) is 11.6 Å². The molecule has 0 aliphatic heterocycles. The first-order chi connectivity index (χ1) is 16.5. The molecule has 9 atom stereocenters. The zero-order valence-electron chi connectivity index (χ0n) is 23.8. The summed E-state index contributed by atoms with van der Waals surface area (Å²) in [5.74, 6) is -0.392. The second kappa shape index (κ2) is 7.46. The van der Waals surface area contributed by atoms with Gasteiger partial charge < -0.3 is 14.9 Å². The Morgan fingerprint density at radius 1 is 0.917 bits per heavy atom. The van der Waals surface area contributed by atoms with E-state index >= 15 is 0 Å². The van der Waals surface area contributed by atoms with Crippen LogP contribution in [-0.4, -0.2) is 40.8 Å². The molecule has 5 nitrogen and oxygen atoms in total. The maximum Gasteiger partial charge on any atom is 0.311 e. The molecular weight excluding hydrogens is 452 g/mol. The minimum atomic E-state index is -1.51. The quantitative estimate of drug-likeness (QED) is 0.457. The lowest BCUT2D eigenvalue weighted by atomic mass is 9.32. The van der Waals surface area contributed by atoms with E-state index in [2.05, 4.69) is 41.5 Å². The lowest BCUT2D eigenvalue weighted by Gasteiger charge is -2.72. The standard InChI is InChI=1S/C31H48O5/c1-25(2)19-9-12-29(6)20(28(19,5)11-10-22(25)32)17-23(33)31(35)21-18-27(4,24(34)36-8)14-13-26(21,3)15-16-30(29,31)7/h17,19,21-22,32,35H,9-16,18H2,1-8H3/t19-,21?,22-,26+,27-,28-,29+,30-,31+/m0/s1. The van der Waals surface area contributed by atoms with E-state index in [1.807, 2.05) is 13.0 Å².